The van der Waals surface area contributed by atoms with Gasteiger partial charge in [0, 0.05) is 18.1 Å². The van der Waals surface area contributed by atoms with Crippen LogP contribution in [0.15, 0.2) is 28.8 Å². The number of carbonyl (C=O) groups is 1. The summed E-state index contributed by atoms with van der Waals surface area (Å²) in [6.07, 6.45) is 4.42. The van der Waals surface area contributed by atoms with E-state index in [2.05, 4.69) is 5.16 Å². The van der Waals surface area contributed by atoms with Gasteiger partial charge in [0.05, 0.1) is 5.56 Å². The molecular formula is C18H21ClN2O3. The smallest absolute Gasteiger partial charge is 0.276 e. The summed E-state index contributed by atoms with van der Waals surface area (Å²) in [6, 6.07) is 7.17. The number of aryl methyl sites for hydroxylation is 1. The second kappa shape index (κ2) is 7.71. The summed E-state index contributed by atoms with van der Waals surface area (Å²) in [5, 5.41) is 4.59. The summed E-state index contributed by atoms with van der Waals surface area (Å²) >= 11 is 5.96. The molecule has 2 heterocycles. The molecule has 128 valence electrons. The SMILES string of the molecule is Cc1onc(C(=O)N2CCCCCC2)c1COc1cccc(Cl)c1. The van der Waals surface area contributed by atoms with Crippen LogP contribution in [0.25, 0.3) is 0 Å². The molecule has 1 aliphatic heterocycles. The Morgan fingerprint density at radius 2 is 2.04 bits per heavy atom. The van der Waals surface area contributed by atoms with E-state index in [1.807, 2.05) is 17.0 Å². The minimum Gasteiger partial charge on any atom is -0.489 e. The molecule has 6 heteroatoms. The first-order chi connectivity index (χ1) is 11.6. The van der Waals surface area contributed by atoms with Crippen molar-refractivity contribution in [2.75, 3.05) is 13.1 Å². The van der Waals surface area contributed by atoms with E-state index in [4.69, 9.17) is 20.9 Å². The number of benzene rings is 1. The van der Waals surface area contributed by atoms with Crippen LogP contribution in [0.2, 0.25) is 5.02 Å². The Bertz CT molecular complexity index is 706. The third kappa shape index (κ3) is 3.90. The van der Waals surface area contributed by atoms with Gasteiger partial charge < -0.3 is 14.2 Å². The third-order valence-corrected chi connectivity index (χ3v) is 4.49. The summed E-state index contributed by atoms with van der Waals surface area (Å²) in [6.45, 7) is 3.58. The van der Waals surface area contributed by atoms with E-state index in [1.165, 1.54) is 12.8 Å². The molecule has 24 heavy (non-hydrogen) atoms. The van der Waals surface area contributed by atoms with Gasteiger partial charge in [0.25, 0.3) is 5.91 Å². The van der Waals surface area contributed by atoms with Gasteiger partial charge in [-0.2, -0.15) is 0 Å². The van der Waals surface area contributed by atoms with Gasteiger partial charge in [0.15, 0.2) is 5.69 Å². The fourth-order valence-electron chi connectivity index (χ4n) is 2.86. The normalized spacial score (nSPS) is 15.2. The highest BCUT2D eigenvalue weighted by molar-refractivity contribution is 6.30. The van der Waals surface area contributed by atoms with E-state index in [1.54, 1.807) is 19.1 Å². The topological polar surface area (TPSA) is 55.6 Å². The van der Waals surface area contributed by atoms with Crippen LogP contribution in [0, 0.1) is 6.92 Å². The van der Waals surface area contributed by atoms with Crippen LogP contribution in [0.3, 0.4) is 0 Å². The molecule has 0 bridgehead atoms. The molecule has 1 aromatic heterocycles. The maximum Gasteiger partial charge on any atom is 0.276 e. The molecule has 1 aromatic carbocycles. The highest BCUT2D eigenvalue weighted by Crippen LogP contribution is 2.22. The quantitative estimate of drug-likeness (QED) is 0.829. The summed E-state index contributed by atoms with van der Waals surface area (Å²) in [4.78, 5) is 14.6. The van der Waals surface area contributed by atoms with Crippen LogP contribution in [-0.4, -0.2) is 29.1 Å². The Balaban J connectivity index is 1.74. The molecule has 0 unspecified atom stereocenters. The lowest BCUT2D eigenvalue weighted by Crippen LogP contribution is -2.32. The van der Waals surface area contributed by atoms with Crippen molar-refractivity contribution < 1.29 is 14.1 Å². The number of halogens is 1. The van der Waals surface area contributed by atoms with Crippen molar-refractivity contribution in [3.05, 3.63) is 46.3 Å². The van der Waals surface area contributed by atoms with Crippen molar-refractivity contribution in [2.45, 2.75) is 39.2 Å². The minimum atomic E-state index is -0.0709. The molecule has 1 amide bonds. The minimum absolute atomic E-state index is 0.0709. The van der Waals surface area contributed by atoms with E-state index in [0.717, 1.165) is 25.9 Å². The monoisotopic (exact) mass is 348 g/mol. The molecule has 1 fully saturated rings. The van der Waals surface area contributed by atoms with Crippen LogP contribution in [-0.2, 0) is 6.61 Å². The maximum absolute atomic E-state index is 12.8. The second-order valence-electron chi connectivity index (χ2n) is 6.02. The maximum atomic E-state index is 12.8. The molecule has 3 rings (SSSR count). The molecule has 5 nitrogen and oxygen atoms in total. The Morgan fingerprint density at radius 1 is 1.29 bits per heavy atom. The second-order valence-corrected chi connectivity index (χ2v) is 6.45. The molecule has 0 saturated carbocycles. The summed E-state index contributed by atoms with van der Waals surface area (Å²) in [5.74, 6) is 1.19. The highest BCUT2D eigenvalue weighted by Gasteiger charge is 2.25. The summed E-state index contributed by atoms with van der Waals surface area (Å²) in [7, 11) is 0. The van der Waals surface area contributed by atoms with Crippen LogP contribution in [0.5, 0.6) is 5.75 Å². The predicted molar refractivity (Wildman–Crippen MR) is 91.4 cm³/mol. The molecule has 0 spiro atoms. The van der Waals surface area contributed by atoms with Gasteiger partial charge in [-0.3, -0.25) is 4.79 Å². The largest absolute Gasteiger partial charge is 0.489 e. The Hall–Kier alpha value is -2.01. The summed E-state index contributed by atoms with van der Waals surface area (Å²) < 4.78 is 11.0. The lowest BCUT2D eigenvalue weighted by molar-refractivity contribution is 0.0749. The summed E-state index contributed by atoms with van der Waals surface area (Å²) in [5.41, 5.74) is 1.06. The van der Waals surface area contributed by atoms with E-state index in [9.17, 15) is 4.79 Å². The molecule has 2 aromatic rings. The Kier molecular flexibility index (Phi) is 5.41. The van der Waals surface area contributed by atoms with Gasteiger partial charge in [0.2, 0.25) is 0 Å². The highest BCUT2D eigenvalue weighted by atomic mass is 35.5. The van der Waals surface area contributed by atoms with Gasteiger partial charge in [-0.25, -0.2) is 0 Å². The molecule has 0 aliphatic carbocycles. The molecular weight excluding hydrogens is 328 g/mol. The number of nitrogens with zero attached hydrogens (tertiary/aromatic N) is 2. The van der Waals surface area contributed by atoms with E-state index < -0.39 is 0 Å². The third-order valence-electron chi connectivity index (χ3n) is 4.26. The van der Waals surface area contributed by atoms with Gasteiger partial charge >= 0.3 is 0 Å². The number of hydrogen-bond acceptors (Lipinski definition) is 4. The van der Waals surface area contributed by atoms with Gasteiger partial charge in [-0.1, -0.05) is 35.7 Å². The first-order valence-electron chi connectivity index (χ1n) is 8.28. The van der Waals surface area contributed by atoms with Crippen molar-refractivity contribution in [1.82, 2.24) is 10.1 Å². The van der Waals surface area contributed by atoms with Crippen LogP contribution in [0.1, 0.15) is 47.5 Å². The fraction of sp³-hybridized carbons (Fsp3) is 0.444. The van der Waals surface area contributed by atoms with E-state index in [0.29, 0.717) is 27.8 Å². The van der Waals surface area contributed by atoms with Crippen molar-refractivity contribution in [3.63, 3.8) is 0 Å². The predicted octanol–water partition coefficient (Wildman–Crippen LogP) is 4.23. The van der Waals surface area contributed by atoms with Crippen molar-refractivity contribution in [1.29, 1.82) is 0 Å². The number of carbonyl (C=O) groups excluding carboxylic acids is 1. The zero-order valence-corrected chi connectivity index (χ0v) is 14.5. The molecule has 1 aliphatic rings. The van der Waals surface area contributed by atoms with Crippen molar-refractivity contribution in [3.8, 4) is 5.75 Å². The van der Waals surface area contributed by atoms with Gasteiger partial charge in [0.1, 0.15) is 18.1 Å². The molecule has 1 saturated heterocycles. The van der Waals surface area contributed by atoms with E-state index in [-0.39, 0.29) is 12.5 Å². The zero-order valence-electron chi connectivity index (χ0n) is 13.8. The number of amides is 1. The lowest BCUT2D eigenvalue weighted by atomic mass is 10.2. The number of ether oxygens (including phenoxy) is 1. The number of rotatable bonds is 4. The number of likely N-dealkylation sites (tertiary alicyclic amines) is 1. The van der Waals surface area contributed by atoms with Crippen LogP contribution in [0.4, 0.5) is 0 Å². The van der Waals surface area contributed by atoms with Crippen molar-refractivity contribution >= 4 is 17.5 Å². The van der Waals surface area contributed by atoms with Gasteiger partial charge in [-0.15, -0.1) is 0 Å². The van der Waals surface area contributed by atoms with Crippen LogP contribution < -0.4 is 4.74 Å². The van der Waals surface area contributed by atoms with Crippen molar-refractivity contribution in [2.24, 2.45) is 0 Å². The fourth-order valence-corrected chi connectivity index (χ4v) is 3.05. The Morgan fingerprint density at radius 3 is 2.75 bits per heavy atom. The standard InChI is InChI=1S/C18H21ClN2O3/c1-13-16(12-23-15-8-6-7-14(19)11-15)17(20-24-13)18(22)21-9-4-2-3-5-10-21/h6-8,11H,2-5,9-10,12H2,1H3. The number of aromatic nitrogens is 1. The first kappa shape index (κ1) is 16.8. The lowest BCUT2D eigenvalue weighted by Gasteiger charge is -2.19. The van der Waals surface area contributed by atoms with Crippen LogP contribution >= 0.6 is 11.6 Å². The molecule has 0 radical (unpaired) electrons. The first-order valence-corrected chi connectivity index (χ1v) is 8.66. The average Bonchev–Trinajstić information content (AvgIpc) is 2.77. The van der Waals surface area contributed by atoms with E-state index >= 15 is 0 Å². The average molecular weight is 349 g/mol. The Labute approximate surface area is 146 Å². The number of hydrogen-bond donors (Lipinski definition) is 0. The molecule has 0 N–H and O–H groups in total. The van der Waals surface area contributed by atoms with Gasteiger partial charge in [-0.05, 0) is 38.0 Å². The molecule has 0 atom stereocenters. The zero-order chi connectivity index (χ0) is 16.9.